The lowest BCUT2D eigenvalue weighted by Gasteiger charge is -2.41. The minimum Gasteiger partial charge on any atom is -0.486 e. The summed E-state index contributed by atoms with van der Waals surface area (Å²) in [7, 11) is 0. The number of hydrogen-bond acceptors (Lipinski definition) is 5. The van der Waals surface area contributed by atoms with Crippen molar-refractivity contribution >= 4 is 11.8 Å². The third-order valence-corrected chi connectivity index (χ3v) is 7.70. The van der Waals surface area contributed by atoms with Crippen LogP contribution in [-0.4, -0.2) is 58.3 Å². The van der Waals surface area contributed by atoms with Crippen LogP contribution in [0.25, 0.3) is 0 Å². The highest BCUT2D eigenvalue weighted by atomic mass is 16.5. The smallest absolute Gasteiger partial charge is 0.247 e. The molecule has 1 aliphatic heterocycles. The summed E-state index contributed by atoms with van der Waals surface area (Å²) in [6.45, 7) is 2.30. The molecule has 2 aliphatic carbocycles. The number of nitrogens with one attached hydrogen (secondary N) is 1. The number of aliphatic hydroxyl groups excluding tert-OH is 2. The zero-order valence-electron chi connectivity index (χ0n) is 20.6. The average Bonchev–Trinajstić information content (AvgIpc) is 3.56. The van der Waals surface area contributed by atoms with Gasteiger partial charge >= 0.3 is 0 Å². The van der Waals surface area contributed by atoms with Crippen LogP contribution in [0.3, 0.4) is 0 Å². The third-order valence-electron chi connectivity index (χ3n) is 7.70. The van der Waals surface area contributed by atoms with E-state index in [-0.39, 0.29) is 30.9 Å². The van der Waals surface area contributed by atoms with E-state index in [1.165, 1.54) is 0 Å². The Morgan fingerprint density at radius 1 is 1.08 bits per heavy atom. The number of carbonyl (C=O) groups excluding carboxylic acids is 2. The molecule has 1 saturated carbocycles. The summed E-state index contributed by atoms with van der Waals surface area (Å²) in [6, 6.07) is 14.8. The number of amides is 2. The summed E-state index contributed by atoms with van der Waals surface area (Å²) in [5.41, 5.74) is 3.41. The summed E-state index contributed by atoms with van der Waals surface area (Å²) < 4.78 is 6.20. The number of ether oxygens (including phenoxy) is 1. The van der Waals surface area contributed by atoms with E-state index in [0.29, 0.717) is 17.9 Å². The molecule has 4 atom stereocenters. The van der Waals surface area contributed by atoms with Crippen molar-refractivity contribution in [2.24, 2.45) is 5.92 Å². The van der Waals surface area contributed by atoms with Crippen LogP contribution >= 0.6 is 0 Å². The molecule has 36 heavy (non-hydrogen) atoms. The zero-order valence-corrected chi connectivity index (χ0v) is 20.6. The number of aryl methyl sites for hydroxylation is 1. The Hall–Kier alpha value is -3.16. The first kappa shape index (κ1) is 24.5. The SMILES string of the molecule is Cc1ccc(CN(C(=O)C2CCCC2)C2C=C(C(=O)NCCO)C3c4ccccc4OC3C2O)cc1. The fraction of sp³-hybridized carbons (Fsp3) is 0.448. The maximum absolute atomic E-state index is 13.8. The molecule has 0 aromatic heterocycles. The van der Waals surface area contributed by atoms with Gasteiger partial charge in [-0.1, -0.05) is 60.9 Å². The minimum atomic E-state index is -1.01. The van der Waals surface area contributed by atoms with Crippen LogP contribution in [0.15, 0.2) is 60.2 Å². The first-order valence-electron chi connectivity index (χ1n) is 12.9. The first-order chi connectivity index (χ1) is 17.5. The Balaban J connectivity index is 1.55. The first-order valence-corrected chi connectivity index (χ1v) is 12.9. The summed E-state index contributed by atoms with van der Waals surface area (Å²) >= 11 is 0. The summed E-state index contributed by atoms with van der Waals surface area (Å²) in [6.07, 6.45) is 3.79. The van der Waals surface area contributed by atoms with Gasteiger partial charge in [-0.05, 0) is 37.5 Å². The van der Waals surface area contributed by atoms with Crippen LogP contribution in [0.4, 0.5) is 0 Å². The van der Waals surface area contributed by atoms with Crippen LogP contribution in [0, 0.1) is 12.8 Å². The molecular formula is C29H34N2O5. The van der Waals surface area contributed by atoms with Crippen molar-refractivity contribution in [2.75, 3.05) is 13.2 Å². The molecule has 2 aromatic carbocycles. The van der Waals surface area contributed by atoms with Gasteiger partial charge in [0.05, 0.1) is 18.6 Å². The van der Waals surface area contributed by atoms with Crippen LogP contribution in [-0.2, 0) is 16.1 Å². The van der Waals surface area contributed by atoms with Crippen molar-refractivity contribution in [2.45, 2.75) is 63.3 Å². The van der Waals surface area contributed by atoms with Gasteiger partial charge < -0.3 is 25.2 Å². The lowest BCUT2D eigenvalue weighted by Crippen LogP contribution is -2.56. The molecule has 2 aromatic rings. The van der Waals surface area contributed by atoms with Crippen molar-refractivity contribution in [3.05, 3.63) is 76.9 Å². The standard InChI is InChI=1S/C29H34N2O5/c1-18-10-12-19(13-11-18)17-31(29(35)20-6-2-3-7-20)23-16-22(28(34)30-14-15-32)25-21-8-4-5-9-24(21)36-27(25)26(23)33/h4-5,8-13,16,20,23,25-27,32-33H,2-3,6-7,14-15,17H2,1H3,(H,30,34). The van der Waals surface area contributed by atoms with Gasteiger partial charge in [0.2, 0.25) is 11.8 Å². The van der Waals surface area contributed by atoms with Gasteiger partial charge in [0.25, 0.3) is 0 Å². The van der Waals surface area contributed by atoms with Crippen LogP contribution in [0.1, 0.15) is 48.3 Å². The van der Waals surface area contributed by atoms with E-state index in [1.54, 1.807) is 11.0 Å². The number of nitrogens with zero attached hydrogens (tertiary/aromatic N) is 1. The van der Waals surface area contributed by atoms with Gasteiger partial charge in [-0.2, -0.15) is 0 Å². The van der Waals surface area contributed by atoms with Crippen molar-refractivity contribution < 1.29 is 24.5 Å². The second-order valence-electron chi connectivity index (χ2n) is 10.1. The maximum atomic E-state index is 13.8. The summed E-state index contributed by atoms with van der Waals surface area (Å²) in [5, 5.41) is 23.7. The van der Waals surface area contributed by atoms with Crippen molar-refractivity contribution in [3.63, 3.8) is 0 Å². The fourth-order valence-corrected chi connectivity index (χ4v) is 5.82. The van der Waals surface area contributed by atoms with Crippen molar-refractivity contribution in [1.29, 1.82) is 0 Å². The Morgan fingerprint density at radius 2 is 1.81 bits per heavy atom. The molecule has 7 nitrogen and oxygen atoms in total. The fourth-order valence-electron chi connectivity index (χ4n) is 5.82. The zero-order chi connectivity index (χ0) is 25.2. The molecule has 0 spiro atoms. The molecule has 2 amide bonds. The van der Waals surface area contributed by atoms with E-state index in [0.717, 1.165) is 42.4 Å². The number of aliphatic hydroxyl groups is 2. The average molecular weight is 491 g/mol. The molecule has 7 heteroatoms. The Morgan fingerprint density at radius 3 is 2.53 bits per heavy atom. The van der Waals surface area contributed by atoms with Crippen LogP contribution in [0.5, 0.6) is 5.75 Å². The van der Waals surface area contributed by atoms with Gasteiger partial charge in [-0.25, -0.2) is 0 Å². The molecular weight excluding hydrogens is 456 g/mol. The van der Waals surface area contributed by atoms with Gasteiger partial charge in [-0.15, -0.1) is 0 Å². The number of benzene rings is 2. The molecule has 0 saturated heterocycles. The molecule has 1 heterocycles. The van der Waals surface area contributed by atoms with E-state index in [4.69, 9.17) is 4.74 Å². The Bertz CT molecular complexity index is 1140. The Labute approximate surface area is 211 Å². The molecule has 4 unspecified atom stereocenters. The number of hydrogen-bond donors (Lipinski definition) is 3. The largest absolute Gasteiger partial charge is 0.486 e. The summed E-state index contributed by atoms with van der Waals surface area (Å²) in [5.74, 6) is -0.200. The van der Waals surface area contributed by atoms with Crippen LogP contribution in [0.2, 0.25) is 0 Å². The summed E-state index contributed by atoms with van der Waals surface area (Å²) in [4.78, 5) is 28.8. The van der Waals surface area contributed by atoms with Crippen molar-refractivity contribution in [1.82, 2.24) is 10.2 Å². The monoisotopic (exact) mass is 490 g/mol. The van der Waals surface area contributed by atoms with Gasteiger partial charge in [0.1, 0.15) is 18.0 Å². The van der Waals surface area contributed by atoms with E-state index in [1.807, 2.05) is 55.5 Å². The Kier molecular flexibility index (Phi) is 7.12. The van der Waals surface area contributed by atoms with E-state index in [9.17, 15) is 19.8 Å². The lowest BCUT2D eigenvalue weighted by molar-refractivity contribution is -0.142. The molecule has 1 fully saturated rings. The van der Waals surface area contributed by atoms with E-state index < -0.39 is 24.2 Å². The molecule has 0 radical (unpaired) electrons. The van der Waals surface area contributed by atoms with E-state index in [2.05, 4.69) is 5.32 Å². The number of para-hydroxylation sites is 1. The third kappa shape index (κ3) is 4.65. The molecule has 3 aliphatic rings. The van der Waals surface area contributed by atoms with Gasteiger partial charge in [0, 0.05) is 30.1 Å². The topological polar surface area (TPSA) is 99.1 Å². The second-order valence-corrected chi connectivity index (χ2v) is 10.1. The highest BCUT2D eigenvalue weighted by molar-refractivity contribution is 5.96. The van der Waals surface area contributed by atoms with Crippen molar-refractivity contribution in [3.8, 4) is 5.75 Å². The number of carbonyl (C=O) groups is 2. The number of rotatable bonds is 7. The predicted molar refractivity (Wildman–Crippen MR) is 135 cm³/mol. The van der Waals surface area contributed by atoms with Crippen LogP contribution < -0.4 is 10.1 Å². The number of fused-ring (bicyclic) bond motifs is 3. The highest BCUT2D eigenvalue weighted by Gasteiger charge is 2.50. The normalized spacial score (nSPS) is 24.9. The molecule has 190 valence electrons. The minimum absolute atomic E-state index is 0.0115. The highest BCUT2D eigenvalue weighted by Crippen LogP contribution is 2.47. The molecule has 5 rings (SSSR count). The predicted octanol–water partition coefficient (Wildman–Crippen LogP) is 2.84. The van der Waals surface area contributed by atoms with E-state index >= 15 is 0 Å². The lowest BCUT2D eigenvalue weighted by atomic mass is 9.77. The second kappa shape index (κ2) is 10.4. The quantitative estimate of drug-likeness (QED) is 0.554. The van der Waals surface area contributed by atoms with Gasteiger partial charge in [0.15, 0.2) is 0 Å². The van der Waals surface area contributed by atoms with Gasteiger partial charge in [-0.3, -0.25) is 9.59 Å². The molecule has 3 N–H and O–H groups in total. The maximum Gasteiger partial charge on any atom is 0.247 e. The molecule has 0 bridgehead atoms.